The second-order valence-electron chi connectivity index (χ2n) is 12.0. The summed E-state index contributed by atoms with van der Waals surface area (Å²) in [6.45, 7) is 23.9. The van der Waals surface area contributed by atoms with Crippen molar-refractivity contribution in [3.63, 3.8) is 0 Å². The average Bonchev–Trinajstić information content (AvgIpc) is 3.61. The molecule has 0 spiro atoms. The molecule has 2 aromatic rings. The molecule has 0 aliphatic carbocycles. The number of halogens is 1. The van der Waals surface area contributed by atoms with Gasteiger partial charge in [0.1, 0.15) is 0 Å². The molecule has 2 N–H and O–H groups in total. The largest absolute Gasteiger partial charge is 1.00 e. The average molecular weight is 701 g/mol. The molecule has 15 heteroatoms. The molecular weight excluding hydrogens is 645 g/mol. The maximum absolute atomic E-state index is 8.89. The van der Waals surface area contributed by atoms with Crippen molar-refractivity contribution in [2.45, 2.75) is 131 Å². The van der Waals surface area contributed by atoms with Crippen molar-refractivity contribution in [2.24, 2.45) is 0 Å². The van der Waals surface area contributed by atoms with Crippen molar-refractivity contribution < 1.29 is 42.9 Å². The molecule has 0 amide bonds. The third kappa shape index (κ3) is 18.3. The number of nitrogens with zero attached hydrogens (tertiary/aromatic N) is 6. The van der Waals surface area contributed by atoms with Crippen LogP contribution < -0.4 is 34.1 Å². The van der Waals surface area contributed by atoms with E-state index in [9.17, 15) is 0 Å². The van der Waals surface area contributed by atoms with Crippen molar-refractivity contribution in [1.29, 1.82) is 0 Å². The third-order valence-corrected chi connectivity index (χ3v) is 7.10. The minimum Gasteiger partial charge on any atom is -0.423 e. The van der Waals surface area contributed by atoms with Gasteiger partial charge in [0.05, 0.1) is 4.47 Å². The Hall–Kier alpha value is -1.23. The number of unbranched alkanes of at least 4 members (excludes halogenated alkanes) is 1. The molecule has 11 nitrogen and oxygen atoms in total. The fraction of sp³-hybridized carbons (Fsp3) is 0.710. The fourth-order valence-corrected chi connectivity index (χ4v) is 4.50. The first-order valence-electron chi connectivity index (χ1n) is 16.2. The summed E-state index contributed by atoms with van der Waals surface area (Å²) in [7, 11) is -2.03. The standard InChI is InChI=1S/C9H14BN3O2.C9H21BO3.C9H12BrN3.C4H9.Li/c1-7-3-2-4-13(7)9-11-5-8(6-12-9)10(14)15;1-7(2)11-10(12-8(3)4)13-9(5)6;1-7-3-2-4-13(7)9-11-5-8(10)6-12-9;1-3-4-2;/h5-7,14-15H,2-4H2,1H3;7-9H,1-6H3;5-7H,2-4H2,1H3;1,3-4H2,2H3;/q;;;-1;+1/t7-;;7-;;/m1.1../s1. The number of anilines is 2. The van der Waals surface area contributed by atoms with Gasteiger partial charge < -0.3 is 40.7 Å². The summed E-state index contributed by atoms with van der Waals surface area (Å²) in [6, 6.07) is 1.05. The van der Waals surface area contributed by atoms with Crippen LogP contribution in [-0.2, 0) is 14.0 Å². The fourth-order valence-electron chi connectivity index (χ4n) is 4.29. The second kappa shape index (κ2) is 24.8. The zero-order valence-corrected chi connectivity index (χ0v) is 31.5. The minimum absolute atomic E-state index is 0. The summed E-state index contributed by atoms with van der Waals surface area (Å²) in [5.74, 6) is 1.53. The molecule has 0 bridgehead atoms. The van der Waals surface area contributed by atoms with Crippen LogP contribution in [0.15, 0.2) is 29.3 Å². The minimum atomic E-state index is -1.49. The van der Waals surface area contributed by atoms with Gasteiger partial charge in [0.2, 0.25) is 11.9 Å². The molecule has 0 radical (unpaired) electrons. The van der Waals surface area contributed by atoms with Gasteiger partial charge in [-0.2, -0.15) is 6.42 Å². The molecule has 254 valence electrons. The SMILES string of the molecule is CC(C)OB(OC(C)C)OC(C)C.C[C@@H]1CCCN1c1ncc(B(O)O)cn1.C[C@@H]1CCCN1c1ncc(Br)cn1.[CH2-]CCC.[Li+]. The Morgan fingerprint density at radius 1 is 0.804 bits per heavy atom. The van der Waals surface area contributed by atoms with Crippen LogP contribution in [0.2, 0.25) is 0 Å². The third-order valence-electron chi connectivity index (χ3n) is 6.69. The molecular formula is C31H56B2BrLiN6O5. The zero-order valence-electron chi connectivity index (χ0n) is 29.9. The van der Waals surface area contributed by atoms with Gasteiger partial charge in [0.25, 0.3) is 0 Å². The van der Waals surface area contributed by atoms with E-state index < -0.39 is 14.4 Å². The van der Waals surface area contributed by atoms with E-state index in [2.05, 4.69) is 73.4 Å². The number of hydrogen-bond donors (Lipinski definition) is 2. The van der Waals surface area contributed by atoms with E-state index in [0.29, 0.717) is 23.5 Å². The normalized spacial score (nSPS) is 17.0. The van der Waals surface area contributed by atoms with Crippen LogP contribution in [0.4, 0.5) is 11.9 Å². The molecule has 4 rings (SSSR count). The zero-order chi connectivity index (χ0) is 33.9. The maximum Gasteiger partial charge on any atom is 1.00 e. The Bertz CT molecular complexity index is 1010. The predicted octanol–water partition coefficient (Wildman–Crippen LogP) is 2.24. The Labute approximate surface area is 299 Å². The molecule has 0 unspecified atom stereocenters. The maximum atomic E-state index is 8.89. The summed E-state index contributed by atoms with van der Waals surface area (Å²) in [5.41, 5.74) is 0.325. The quantitative estimate of drug-likeness (QED) is 0.280. The Kier molecular flexibility index (Phi) is 24.2. The molecule has 2 aliphatic heterocycles. The van der Waals surface area contributed by atoms with E-state index in [0.717, 1.165) is 42.8 Å². The predicted molar refractivity (Wildman–Crippen MR) is 188 cm³/mol. The molecule has 0 saturated carbocycles. The van der Waals surface area contributed by atoms with E-state index in [4.69, 9.17) is 24.0 Å². The second-order valence-corrected chi connectivity index (χ2v) is 12.9. The smallest absolute Gasteiger partial charge is 0.423 e. The molecule has 2 atom stereocenters. The summed E-state index contributed by atoms with van der Waals surface area (Å²) in [4.78, 5) is 21.2. The van der Waals surface area contributed by atoms with Crippen molar-refractivity contribution >= 4 is 47.7 Å². The number of aromatic nitrogens is 4. The number of rotatable bonds is 10. The Morgan fingerprint density at radius 3 is 1.41 bits per heavy atom. The molecule has 2 fully saturated rings. The topological polar surface area (TPSA) is 126 Å². The van der Waals surface area contributed by atoms with E-state index in [1.54, 1.807) is 12.4 Å². The van der Waals surface area contributed by atoms with Crippen molar-refractivity contribution in [3.05, 3.63) is 36.2 Å². The number of hydrogen-bond acceptors (Lipinski definition) is 11. The van der Waals surface area contributed by atoms with Gasteiger partial charge in [-0.15, -0.1) is 0 Å². The van der Waals surface area contributed by atoms with Gasteiger partial charge in [-0.05, 0) is 97.0 Å². The van der Waals surface area contributed by atoms with Crippen molar-refractivity contribution in [1.82, 2.24) is 19.9 Å². The summed E-state index contributed by atoms with van der Waals surface area (Å²) < 4.78 is 17.2. The van der Waals surface area contributed by atoms with Gasteiger partial charge in [0, 0.05) is 73.7 Å². The summed E-state index contributed by atoms with van der Waals surface area (Å²) >= 11 is 3.33. The monoisotopic (exact) mass is 700 g/mol. The first-order chi connectivity index (χ1) is 21.3. The van der Waals surface area contributed by atoms with Crippen LogP contribution in [0.1, 0.15) is 101 Å². The van der Waals surface area contributed by atoms with Crippen LogP contribution in [0.3, 0.4) is 0 Å². The molecule has 0 aromatic carbocycles. The van der Waals surface area contributed by atoms with E-state index >= 15 is 0 Å². The van der Waals surface area contributed by atoms with E-state index in [1.165, 1.54) is 31.7 Å². The van der Waals surface area contributed by atoms with E-state index in [1.807, 2.05) is 41.5 Å². The summed E-state index contributed by atoms with van der Waals surface area (Å²) in [6.07, 6.45) is 14.0. The van der Waals surface area contributed by atoms with Crippen molar-refractivity contribution in [2.75, 3.05) is 22.9 Å². The molecule has 46 heavy (non-hydrogen) atoms. The first kappa shape index (κ1) is 44.8. The summed E-state index contributed by atoms with van der Waals surface area (Å²) in [5, 5.41) is 17.8. The van der Waals surface area contributed by atoms with Crippen LogP contribution in [0.25, 0.3) is 0 Å². The van der Waals surface area contributed by atoms with Gasteiger partial charge in [0.15, 0.2) is 0 Å². The first-order valence-corrected chi connectivity index (χ1v) is 17.0. The van der Waals surface area contributed by atoms with Gasteiger partial charge >= 0.3 is 33.3 Å². The van der Waals surface area contributed by atoms with Gasteiger partial charge in [-0.3, -0.25) is 0 Å². The van der Waals surface area contributed by atoms with Gasteiger partial charge in [-0.1, -0.05) is 13.3 Å². The molecule has 2 aromatic heterocycles. The molecule has 2 aliphatic rings. The van der Waals surface area contributed by atoms with Crippen LogP contribution in [0.5, 0.6) is 0 Å². The Morgan fingerprint density at radius 2 is 1.15 bits per heavy atom. The van der Waals surface area contributed by atoms with Gasteiger partial charge in [-0.25, -0.2) is 19.9 Å². The van der Waals surface area contributed by atoms with E-state index in [-0.39, 0.29) is 37.2 Å². The van der Waals surface area contributed by atoms with Crippen LogP contribution >= 0.6 is 15.9 Å². The Balaban J connectivity index is 0.000000619. The molecule has 4 heterocycles. The van der Waals surface area contributed by atoms with Crippen LogP contribution in [0, 0.1) is 6.92 Å². The van der Waals surface area contributed by atoms with Crippen LogP contribution in [-0.4, -0.2) is 87.9 Å². The molecule has 2 saturated heterocycles. The van der Waals surface area contributed by atoms with Crippen molar-refractivity contribution in [3.8, 4) is 0 Å².